The summed E-state index contributed by atoms with van der Waals surface area (Å²) in [5.41, 5.74) is -0.490. The molecule has 0 saturated heterocycles. The number of fused-ring (bicyclic) bond motifs is 5. The van der Waals surface area contributed by atoms with Crippen molar-refractivity contribution in [1.82, 2.24) is 0 Å². The molecule has 0 bridgehead atoms. The van der Waals surface area contributed by atoms with E-state index in [1.807, 2.05) is 12.1 Å². The van der Waals surface area contributed by atoms with Crippen LogP contribution in [0.4, 0.5) is 0 Å². The van der Waals surface area contributed by atoms with Gasteiger partial charge in [-0.3, -0.25) is 4.79 Å². The van der Waals surface area contributed by atoms with Gasteiger partial charge >= 0.3 is 0 Å². The fraction of sp³-hybridized carbons (Fsp3) is 0.630. The maximum atomic E-state index is 12.7. The first kappa shape index (κ1) is 21.8. The fourth-order valence-corrected chi connectivity index (χ4v) is 8.23. The number of rotatable bonds is 5. The second-order valence-corrected chi connectivity index (χ2v) is 10.7. The van der Waals surface area contributed by atoms with E-state index in [1.54, 1.807) is 18.4 Å². The van der Waals surface area contributed by atoms with Crippen molar-refractivity contribution in [2.45, 2.75) is 71.2 Å². The molecule has 4 aliphatic carbocycles. The Bertz CT molecular complexity index is 961. The number of hydrogen-bond acceptors (Lipinski definition) is 5. The van der Waals surface area contributed by atoms with Gasteiger partial charge in [-0.25, -0.2) is 0 Å². The predicted octanol–water partition coefficient (Wildman–Crippen LogP) is 4.65. The second kappa shape index (κ2) is 7.53. The third-order valence-corrected chi connectivity index (χ3v) is 9.67. The second-order valence-electron chi connectivity index (χ2n) is 10.7. The lowest BCUT2D eigenvalue weighted by molar-refractivity contribution is -0.195. The number of allylic oxidation sites excluding steroid dienone is 4. The summed E-state index contributed by atoms with van der Waals surface area (Å²) in [7, 11) is 0. The minimum absolute atomic E-state index is 0.0499. The molecule has 3 saturated carbocycles. The number of carbonyl (C=O) groups excluding carboxylic acids is 2. The number of carbonyl (C=O) groups is 2. The number of aliphatic hydroxyl groups is 1. The van der Waals surface area contributed by atoms with E-state index < -0.39 is 17.1 Å². The lowest BCUT2D eigenvalue weighted by Gasteiger charge is -2.60. The maximum absolute atomic E-state index is 12.7. The van der Waals surface area contributed by atoms with E-state index in [-0.39, 0.29) is 41.5 Å². The van der Waals surface area contributed by atoms with Crippen LogP contribution in [0.1, 0.15) is 58.6 Å². The summed E-state index contributed by atoms with van der Waals surface area (Å²) < 4.78 is 11.9. The number of aldehydes is 1. The van der Waals surface area contributed by atoms with E-state index >= 15 is 0 Å². The highest BCUT2D eigenvalue weighted by atomic mass is 16.5. The SMILES string of the molecule is CCC12C=CC(=O)C=C1CCC1C2C(O)CC2(C)C1C[C@@H](C)C2(C=O)OCc1ccco1. The van der Waals surface area contributed by atoms with Gasteiger partial charge in [0.05, 0.1) is 12.4 Å². The summed E-state index contributed by atoms with van der Waals surface area (Å²) in [6.45, 7) is 6.68. The number of furan rings is 1. The third-order valence-electron chi connectivity index (χ3n) is 9.67. The van der Waals surface area contributed by atoms with Gasteiger partial charge in [0.15, 0.2) is 12.1 Å². The first-order chi connectivity index (χ1) is 15.3. The van der Waals surface area contributed by atoms with E-state index in [4.69, 9.17) is 9.15 Å². The van der Waals surface area contributed by atoms with Crippen molar-refractivity contribution in [3.8, 4) is 0 Å². The highest BCUT2D eigenvalue weighted by Crippen LogP contribution is 2.69. The molecule has 7 unspecified atom stereocenters. The quantitative estimate of drug-likeness (QED) is 0.677. The summed E-state index contributed by atoms with van der Waals surface area (Å²) in [5, 5.41) is 11.6. The molecular weight excluding hydrogens is 404 g/mol. The summed E-state index contributed by atoms with van der Waals surface area (Å²) in [6, 6.07) is 3.68. The van der Waals surface area contributed by atoms with Crippen molar-refractivity contribution in [3.05, 3.63) is 48.0 Å². The molecule has 0 amide bonds. The molecule has 1 aromatic rings. The van der Waals surface area contributed by atoms with Crippen LogP contribution in [-0.2, 0) is 20.9 Å². The van der Waals surface area contributed by atoms with Crippen molar-refractivity contribution >= 4 is 12.1 Å². The van der Waals surface area contributed by atoms with Crippen molar-refractivity contribution in [3.63, 3.8) is 0 Å². The van der Waals surface area contributed by atoms with Crippen LogP contribution < -0.4 is 0 Å². The summed E-state index contributed by atoms with van der Waals surface area (Å²) in [6.07, 6.45) is 11.8. The Balaban J connectivity index is 1.52. The maximum Gasteiger partial charge on any atom is 0.178 e. The van der Waals surface area contributed by atoms with Gasteiger partial charge in [-0.15, -0.1) is 0 Å². The van der Waals surface area contributed by atoms with Crippen LogP contribution in [0.15, 0.2) is 46.6 Å². The number of ether oxygens (including phenoxy) is 1. The minimum Gasteiger partial charge on any atom is -0.467 e. The molecule has 5 heteroatoms. The molecule has 0 spiro atoms. The molecule has 1 aromatic heterocycles. The van der Waals surface area contributed by atoms with Gasteiger partial charge in [-0.05, 0) is 74.1 Å². The zero-order valence-electron chi connectivity index (χ0n) is 19.3. The molecular formula is C27H34O5. The van der Waals surface area contributed by atoms with Crippen LogP contribution in [0.2, 0.25) is 0 Å². The fourth-order valence-electron chi connectivity index (χ4n) is 8.23. The van der Waals surface area contributed by atoms with Gasteiger partial charge in [-0.2, -0.15) is 0 Å². The van der Waals surface area contributed by atoms with Crippen molar-refractivity contribution in [2.75, 3.05) is 0 Å². The van der Waals surface area contributed by atoms with E-state index in [1.165, 1.54) is 5.57 Å². The van der Waals surface area contributed by atoms with Gasteiger partial charge in [0.2, 0.25) is 0 Å². The topological polar surface area (TPSA) is 76.7 Å². The van der Waals surface area contributed by atoms with E-state index in [2.05, 4.69) is 26.8 Å². The smallest absolute Gasteiger partial charge is 0.178 e. The Morgan fingerprint density at radius 1 is 1.38 bits per heavy atom. The zero-order valence-corrected chi connectivity index (χ0v) is 19.3. The molecule has 32 heavy (non-hydrogen) atoms. The number of ketones is 1. The lowest BCUT2D eigenvalue weighted by Crippen LogP contribution is -2.61. The molecule has 0 aliphatic heterocycles. The van der Waals surface area contributed by atoms with Gasteiger partial charge in [0.1, 0.15) is 18.0 Å². The molecule has 5 rings (SSSR count). The average molecular weight is 439 g/mol. The van der Waals surface area contributed by atoms with E-state index in [0.717, 1.165) is 32.0 Å². The monoisotopic (exact) mass is 438 g/mol. The molecule has 172 valence electrons. The van der Waals surface area contributed by atoms with Gasteiger partial charge in [0, 0.05) is 16.7 Å². The molecule has 0 radical (unpaired) electrons. The normalized spacial score (nSPS) is 45.1. The third kappa shape index (κ3) is 2.76. The Morgan fingerprint density at radius 3 is 2.88 bits per heavy atom. The van der Waals surface area contributed by atoms with Crippen LogP contribution in [0, 0.1) is 34.5 Å². The highest BCUT2D eigenvalue weighted by Gasteiger charge is 2.69. The minimum atomic E-state index is -0.954. The highest BCUT2D eigenvalue weighted by molar-refractivity contribution is 6.01. The summed E-state index contributed by atoms with van der Waals surface area (Å²) in [4.78, 5) is 24.8. The van der Waals surface area contributed by atoms with Gasteiger partial charge in [-0.1, -0.05) is 32.4 Å². The largest absolute Gasteiger partial charge is 0.467 e. The Labute approximate surface area is 189 Å². The predicted molar refractivity (Wildman–Crippen MR) is 119 cm³/mol. The summed E-state index contributed by atoms with van der Waals surface area (Å²) in [5.74, 6) is 1.44. The van der Waals surface area contributed by atoms with Crippen LogP contribution in [0.5, 0.6) is 0 Å². The standard InChI is InChI=1S/C27H34O5/c1-4-26-10-9-19(29)13-18(26)7-8-21-22-12-17(2)27(16-28,32-15-20-6-5-11-31-20)25(22,3)14-23(30)24(21)26/h5-6,9-11,13,16-17,21-24,30H,4,7-8,12,14-15H2,1-3H3/t17-,21?,22?,23?,24?,25?,26?,27?/m1/s1. The molecule has 0 aromatic carbocycles. The van der Waals surface area contributed by atoms with Crippen molar-refractivity contribution in [2.24, 2.45) is 34.5 Å². The lowest BCUT2D eigenvalue weighted by atomic mass is 9.45. The molecule has 8 atom stereocenters. The summed E-state index contributed by atoms with van der Waals surface area (Å²) >= 11 is 0. The van der Waals surface area contributed by atoms with E-state index in [9.17, 15) is 14.7 Å². The first-order valence-corrected chi connectivity index (χ1v) is 12.1. The first-order valence-electron chi connectivity index (χ1n) is 12.1. The molecule has 3 fully saturated rings. The Kier molecular flexibility index (Phi) is 5.14. The van der Waals surface area contributed by atoms with Crippen molar-refractivity contribution < 1.29 is 23.8 Å². The average Bonchev–Trinajstić information content (AvgIpc) is 3.36. The molecule has 5 nitrogen and oxygen atoms in total. The van der Waals surface area contributed by atoms with Crippen molar-refractivity contribution in [1.29, 1.82) is 0 Å². The van der Waals surface area contributed by atoms with Crippen LogP contribution in [0.3, 0.4) is 0 Å². The molecule has 1 heterocycles. The molecule has 1 N–H and O–H groups in total. The number of aliphatic hydroxyl groups excluding tert-OH is 1. The Morgan fingerprint density at radius 2 is 2.19 bits per heavy atom. The van der Waals surface area contributed by atoms with Gasteiger partial charge in [0.25, 0.3) is 0 Å². The number of hydrogen-bond donors (Lipinski definition) is 1. The van der Waals surface area contributed by atoms with Crippen LogP contribution >= 0.6 is 0 Å². The zero-order chi connectivity index (χ0) is 22.7. The molecule has 4 aliphatic rings. The Hall–Kier alpha value is -1.98. The van der Waals surface area contributed by atoms with Crippen LogP contribution in [0.25, 0.3) is 0 Å². The van der Waals surface area contributed by atoms with E-state index in [0.29, 0.717) is 12.2 Å². The van der Waals surface area contributed by atoms with Crippen LogP contribution in [-0.4, -0.2) is 28.9 Å². The van der Waals surface area contributed by atoms with Gasteiger partial charge < -0.3 is 19.1 Å².